The maximum absolute atomic E-state index is 10.1. The van der Waals surface area contributed by atoms with Gasteiger partial charge in [-0.25, -0.2) is 0 Å². The van der Waals surface area contributed by atoms with E-state index in [1.807, 2.05) is 32.0 Å². The molecule has 2 N–H and O–H groups in total. The highest BCUT2D eigenvalue weighted by Gasteiger charge is 2.46. The van der Waals surface area contributed by atoms with Crippen LogP contribution in [-0.4, -0.2) is 10.2 Å². The smallest absolute Gasteiger partial charge is 0.118 e. The second-order valence-corrected chi connectivity index (χ2v) is 7.58. The van der Waals surface area contributed by atoms with E-state index in [1.165, 1.54) is 11.1 Å². The molecule has 22 heavy (non-hydrogen) atoms. The van der Waals surface area contributed by atoms with Crippen LogP contribution in [0.2, 0.25) is 0 Å². The van der Waals surface area contributed by atoms with Crippen molar-refractivity contribution in [2.75, 3.05) is 0 Å². The SMILES string of the molecule is Cc1ccc([C@@]2(C)CC(C)(C)c3cc(O)c(C)cc32)cc1O. The van der Waals surface area contributed by atoms with Crippen LogP contribution in [0.4, 0.5) is 0 Å². The molecule has 0 aromatic heterocycles. The molecule has 0 saturated carbocycles. The molecule has 0 radical (unpaired) electrons. The van der Waals surface area contributed by atoms with Crippen molar-refractivity contribution in [2.24, 2.45) is 0 Å². The molecule has 116 valence electrons. The number of phenols is 2. The summed E-state index contributed by atoms with van der Waals surface area (Å²) >= 11 is 0. The predicted octanol–water partition coefficient (Wildman–Crippen LogP) is 4.70. The molecule has 1 aliphatic carbocycles. The second kappa shape index (κ2) is 4.52. The van der Waals surface area contributed by atoms with E-state index in [0.29, 0.717) is 11.5 Å². The van der Waals surface area contributed by atoms with E-state index in [2.05, 4.69) is 32.9 Å². The van der Waals surface area contributed by atoms with Crippen LogP contribution >= 0.6 is 0 Å². The largest absolute Gasteiger partial charge is 0.508 e. The first-order chi connectivity index (χ1) is 10.1. The van der Waals surface area contributed by atoms with Gasteiger partial charge >= 0.3 is 0 Å². The maximum atomic E-state index is 10.1. The van der Waals surface area contributed by atoms with Crippen molar-refractivity contribution in [3.05, 3.63) is 58.1 Å². The van der Waals surface area contributed by atoms with Crippen molar-refractivity contribution < 1.29 is 10.2 Å². The van der Waals surface area contributed by atoms with E-state index in [0.717, 1.165) is 23.1 Å². The average Bonchev–Trinajstić information content (AvgIpc) is 2.62. The lowest BCUT2D eigenvalue weighted by atomic mass is 9.74. The first-order valence-corrected chi connectivity index (χ1v) is 7.80. The van der Waals surface area contributed by atoms with Gasteiger partial charge in [0.25, 0.3) is 0 Å². The molecule has 2 nitrogen and oxygen atoms in total. The lowest BCUT2D eigenvalue weighted by Gasteiger charge is -2.29. The molecular weight excluding hydrogens is 272 g/mol. The topological polar surface area (TPSA) is 40.5 Å². The van der Waals surface area contributed by atoms with Gasteiger partial charge in [-0.2, -0.15) is 0 Å². The Labute approximate surface area is 132 Å². The van der Waals surface area contributed by atoms with Crippen LogP contribution < -0.4 is 0 Å². The Morgan fingerprint density at radius 3 is 2.09 bits per heavy atom. The van der Waals surface area contributed by atoms with Crippen LogP contribution in [-0.2, 0) is 10.8 Å². The van der Waals surface area contributed by atoms with Gasteiger partial charge in [0, 0.05) is 5.41 Å². The normalized spacial score (nSPS) is 22.6. The summed E-state index contributed by atoms with van der Waals surface area (Å²) in [7, 11) is 0. The Bertz CT molecular complexity index is 759. The Morgan fingerprint density at radius 1 is 0.818 bits per heavy atom. The number of aryl methyl sites for hydroxylation is 2. The fraction of sp³-hybridized carbons (Fsp3) is 0.400. The lowest BCUT2D eigenvalue weighted by Crippen LogP contribution is -2.23. The molecule has 2 aromatic rings. The van der Waals surface area contributed by atoms with Gasteiger partial charge in [-0.15, -0.1) is 0 Å². The number of rotatable bonds is 1. The Balaban J connectivity index is 2.25. The molecule has 0 amide bonds. The van der Waals surface area contributed by atoms with Crippen molar-refractivity contribution in [1.29, 1.82) is 0 Å². The molecule has 0 unspecified atom stereocenters. The summed E-state index contributed by atoms with van der Waals surface area (Å²) in [5.41, 5.74) is 5.24. The van der Waals surface area contributed by atoms with Gasteiger partial charge in [0.15, 0.2) is 0 Å². The summed E-state index contributed by atoms with van der Waals surface area (Å²) in [6.07, 6.45) is 0.959. The van der Waals surface area contributed by atoms with Crippen molar-refractivity contribution in [2.45, 2.75) is 51.9 Å². The molecule has 0 spiro atoms. The zero-order chi connectivity index (χ0) is 16.3. The number of fused-ring (bicyclic) bond motifs is 1. The zero-order valence-electron chi connectivity index (χ0n) is 14.0. The van der Waals surface area contributed by atoms with Gasteiger partial charge in [0.2, 0.25) is 0 Å². The summed E-state index contributed by atoms with van der Waals surface area (Å²) in [4.78, 5) is 0. The zero-order valence-corrected chi connectivity index (χ0v) is 14.0. The highest BCUT2D eigenvalue weighted by molar-refractivity contribution is 5.57. The monoisotopic (exact) mass is 296 g/mol. The predicted molar refractivity (Wildman–Crippen MR) is 89.8 cm³/mol. The number of hydrogen-bond donors (Lipinski definition) is 2. The number of aromatic hydroxyl groups is 2. The summed E-state index contributed by atoms with van der Waals surface area (Å²) in [5.74, 6) is 0.711. The van der Waals surface area contributed by atoms with Crippen molar-refractivity contribution in [3.63, 3.8) is 0 Å². The Morgan fingerprint density at radius 2 is 1.45 bits per heavy atom. The van der Waals surface area contributed by atoms with E-state index in [-0.39, 0.29) is 10.8 Å². The molecule has 0 heterocycles. The molecule has 3 rings (SSSR count). The van der Waals surface area contributed by atoms with E-state index in [9.17, 15) is 10.2 Å². The van der Waals surface area contributed by atoms with Gasteiger partial charge < -0.3 is 10.2 Å². The molecule has 2 heteroatoms. The molecule has 0 aliphatic heterocycles. The highest BCUT2D eigenvalue weighted by Crippen LogP contribution is 2.54. The Hall–Kier alpha value is -1.96. The minimum Gasteiger partial charge on any atom is -0.508 e. The number of hydrogen-bond acceptors (Lipinski definition) is 2. The van der Waals surface area contributed by atoms with Crippen molar-refractivity contribution >= 4 is 0 Å². The minimum absolute atomic E-state index is 0.00420. The quantitative estimate of drug-likeness (QED) is 0.800. The van der Waals surface area contributed by atoms with E-state index >= 15 is 0 Å². The molecule has 1 aliphatic rings. The number of benzene rings is 2. The van der Waals surface area contributed by atoms with Crippen molar-refractivity contribution in [1.82, 2.24) is 0 Å². The van der Waals surface area contributed by atoms with Crippen LogP contribution in [0.25, 0.3) is 0 Å². The third kappa shape index (κ3) is 2.01. The first kappa shape index (κ1) is 15.0. The molecule has 0 saturated heterocycles. The van der Waals surface area contributed by atoms with Crippen LogP contribution in [0.1, 0.15) is 55.0 Å². The van der Waals surface area contributed by atoms with Gasteiger partial charge in [-0.3, -0.25) is 0 Å². The van der Waals surface area contributed by atoms with E-state index in [4.69, 9.17) is 0 Å². The second-order valence-electron chi connectivity index (χ2n) is 7.58. The highest BCUT2D eigenvalue weighted by atomic mass is 16.3. The molecule has 0 bridgehead atoms. The summed E-state index contributed by atoms with van der Waals surface area (Å²) < 4.78 is 0. The molecular formula is C20H24O2. The lowest BCUT2D eigenvalue weighted by molar-refractivity contribution is 0.419. The third-order valence-electron chi connectivity index (χ3n) is 5.30. The van der Waals surface area contributed by atoms with E-state index in [1.54, 1.807) is 0 Å². The average molecular weight is 296 g/mol. The molecule has 1 atom stereocenters. The van der Waals surface area contributed by atoms with Gasteiger partial charge in [-0.1, -0.05) is 39.0 Å². The summed E-state index contributed by atoms with van der Waals surface area (Å²) in [5, 5.41) is 20.2. The van der Waals surface area contributed by atoms with Crippen LogP contribution in [0.5, 0.6) is 11.5 Å². The summed E-state index contributed by atoms with van der Waals surface area (Å²) in [6.45, 7) is 10.5. The minimum atomic E-state index is -0.150. The van der Waals surface area contributed by atoms with Gasteiger partial charge in [0.1, 0.15) is 11.5 Å². The van der Waals surface area contributed by atoms with Crippen LogP contribution in [0.3, 0.4) is 0 Å². The van der Waals surface area contributed by atoms with Crippen LogP contribution in [0, 0.1) is 13.8 Å². The fourth-order valence-electron chi connectivity index (χ4n) is 4.00. The number of phenolic OH excluding ortho intramolecular Hbond substituents is 2. The third-order valence-corrected chi connectivity index (χ3v) is 5.30. The van der Waals surface area contributed by atoms with Gasteiger partial charge in [0.05, 0.1) is 0 Å². The molecule has 2 aromatic carbocycles. The fourth-order valence-corrected chi connectivity index (χ4v) is 4.00. The van der Waals surface area contributed by atoms with Gasteiger partial charge in [-0.05, 0) is 65.6 Å². The van der Waals surface area contributed by atoms with Crippen LogP contribution in [0.15, 0.2) is 30.3 Å². The Kier molecular flexibility index (Phi) is 3.07. The summed E-state index contributed by atoms with van der Waals surface area (Å²) in [6, 6.07) is 10.0. The maximum Gasteiger partial charge on any atom is 0.118 e. The van der Waals surface area contributed by atoms with E-state index < -0.39 is 0 Å². The molecule has 0 fully saturated rings. The first-order valence-electron chi connectivity index (χ1n) is 7.80. The standard InChI is InChI=1S/C20H24O2/c1-12-6-7-14(9-17(12)21)20(5)11-19(3,4)15-10-18(22)13(2)8-16(15)20/h6-10,21-22H,11H2,1-5H3/t20-/m1/s1. The van der Waals surface area contributed by atoms with Crippen molar-refractivity contribution in [3.8, 4) is 11.5 Å².